The van der Waals surface area contributed by atoms with Gasteiger partial charge in [-0.25, -0.2) is 0 Å². The van der Waals surface area contributed by atoms with Crippen molar-refractivity contribution in [3.63, 3.8) is 0 Å². The number of carbonyl (C=O) groups is 2. The van der Waals surface area contributed by atoms with Gasteiger partial charge in [-0.2, -0.15) is 0 Å². The van der Waals surface area contributed by atoms with E-state index in [1.807, 2.05) is 41.3 Å². The van der Waals surface area contributed by atoms with E-state index in [1.165, 1.54) is 6.42 Å². The predicted molar refractivity (Wildman–Crippen MR) is 112 cm³/mol. The van der Waals surface area contributed by atoms with Crippen LogP contribution in [0.25, 0.3) is 0 Å². The van der Waals surface area contributed by atoms with Crippen LogP contribution in [-0.4, -0.2) is 35.8 Å². The van der Waals surface area contributed by atoms with Gasteiger partial charge in [0.2, 0.25) is 11.8 Å². The van der Waals surface area contributed by atoms with Crippen LogP contribution in [0.15, 0.2) is 60.7 Å². The minimum Gasteiger partial charge on any atom is -0.347 e. The van der Waals surface area contributed by atoms with Gasteiger partial charge < -0.3 is 10.2 Å². The van der Waals surface area contributed by atoms with Crippen LogP contribution < -0.4 is 5.32 Å². The fraction of sp³-hybridized carbons (Fsp3) is 0.417. The molecule has 4 nitrogen and oxygen atoms in total. The molecule has 148 valence electrons. The second kappa shape index (κ2) is 10.1. The fourth-order valence-corrected chi connectivity index (χ4v) is 4.09. The minimum absolute atomic E-state index is 0.0177. The van der Waals surface area contributed by atoms with Gasteiger partial charge >= 0.3 is 0 Å². The van der Waals surface area contributed by atoms with Crippen molar-refractivity contribution >= 4 is 11.8 Å². The lowest BCUT2D eigenvalue weighted by Crippen LogP contribution is -2.47. The average molecular weight is 379 g/mol. The Balaban J connectivity index is 1.62. The first-order valence-corrected chi connectivity index (χ1v) is 10.3. The zero-order chi connectivity index (χ0) is 19.8. The number of hydrogen-bond donors (Lipinski definition) is 1. The number of rotatable bonds is 7. The van der Waals surface area contributed by atoms with Gasteiger partial charge in [-0.3, -0.25) is 9.59 Å². The number of carbonyl (C=O) groups excluding carboxylic acids is 2. The number of piperidine rings is 1. The Morgan fingerprint density at radius 3 is 2.18 bits per heavy atom. The number of nitrogens with zero attached hydrogens (tertiary/aromatic N) is 1. The molecule has 0 aromatic heterocycles. The summed E-state index contributed by atoms with van der Waals surface area (Å²) in [7, 11) is 0. The van der Waals surface area contributed by atoms with Gasteiger partial charge in [-0.1, -0.05) is 67.6 Å². The molecule has 1 heterocycles. The molecular weight excluding hydrogens is 348 g/mol. The van der Waals surface area contributed by atoms with Gasteiger partial charge in [-0.05, 0) is 36.8 Å². The van der Waals surface area contributed by atoms with Crippen LogP contribution in [0.3, 0.4) is 0 Å². The summed E-state index contributed by atoms with van der Waals surface area (Å²) in [6, 6.07) is 20.5. The summed E-state index contributed by atoms with van der Waals surface area (Å²) in [6.45, 7) is 3.02. The molecule has 0 bridgehead atoms. The van der Waals surface area contributed by atoms with Crippen LogP contribution in [-0.2, 0) is 9.59 Å². The maximum atomic E-state index is 12.7. The van der Waals surface area contributed by atoms with Crippen molar-refractivity contribution in [1.29, 1.82) is 0 Å². The molecule has 3 rings (SSSR count). The summed E-state index contributed by atoms with van der Waals surface area (Å²) in [5.74, 6) is -0.0668. The second-order valence-electron chi connectivity index (χ2n) is 7.50. The SMILES string of the molecule is CCC1CCCCN1C(=O)CNC(=O)CC(c1ccccc1)c1ccccc1. The molecule has 1 fully saturated rings. The molecule has 0 spiro atoms. The molecule has 0 radical (unpaired) electrons. The maximum Gasteiger partial charge on any atom is 0.242 e. The smallest absolute Gasteiger partial charge is 0.242 e. The Morgan fingerprint density at radius 1 is 1.00 bits per heavy atom. The molecule has 1 saturated heterocycles. The minimum atomic E-state index is -0.0869. The summed E-state index contributed by atoms with van der Waals surface area (Å²) in [4.78, 5) is 27.2. The molecule has 1 atom stereocenters. The fourth-order valence-electron chi connectivity index (χ4n) is 4.09. The van der Waals surface area contributed by atoms with Crippen molar-refractivity contribution in [2.24, 2.45) is 0 Å². The predicted octanol–water partition coefficient (Wildman–Crippen LogP) is 4.12. The van der Waals surface area contributed by atoms with Crippen LogP contribution in [0.5, 0.6) is 0 Å². The Hall–Kier alpha value is -2.62. The number of benzene rings is 2. The molecule has 0 aliphatic carbocycles. The molecule has 28 heavy (non-hydrogen) atoms. The van der Waals surface area contributed by atoms with E-state index in [9.17, 15) is 9.59 Å². The highest BCUT2D eigenvalue weighted by Crippen LogP contribution is 2.27. The molecule has 1 aliphatic heterocycles. The van der Waals surface area contributed by atoms with Crippen molar-refractivity contribution in [3.8, 4) is 0 Å². The molecule has 1 N–H and O–H groups in total. The van der Waals surface area contributed by atoms with E-state index in [2.05, 4.69) is 36.5 Å². The zero-order valence-electron chi connectivity index (χ0n) is 16.6. The lowest BCUT2D eigenvalue weighted by atomic mass is 9.88. The van der Waals surface area contributed by atoms with E-state index in [-0.39, 0.29) is 24.3 Å². The summed E-state index contributed by atoms with van der Waals surface area (Å²) >= 11 is 0. The normalized spacial score (nSPS) is 16.8. The van der Waals surface area contributed by atoms with E-state index in [0.717, 1.165) is 36.9 Å². The van der Waals surface area contributed by atoms with Gasteiger partial charge in [-0.15, -0.1) is 0 Å². The average Bonchev–Trinajstić information content (AvgIpc) is 2.77. The highest BCUT2D eigenvalue weighted by atomic mass is 16.2. The largest absolute Gasteiger partial charge is 0.347 e. The van der Waals surface area contributed by atoms with Gasteiger partial charge in [0.25, 0.3) is 0 Å². The summed E-state index contributed by atoms with van der Waals surface area (Å²) in [5, 5.41) is 2.86. The van der Waals surface area contributed by atoms with Crippen molar-refractivity contribution in [2.45, 2.75) is 51.0 Å². The van der Waals surface area contributed by atoms with E-state index in [4.69, 9.17) is 0 Å². The van der Waals surface area contributed by atoms with Crippen molar-refractivity contribution in [1.82, 2.24) is 10.2 Å². The third-order valence-electron chi connectivity index (χ3n) is 5.65. The molecule has 2 aromatic carbocycles. The lowest BCUT2D eigenvalue weighted by Gasteiger charge is -2.35. The maximum absolute atomic E-state index is 12.7. The highest BCUT2D eigenvalue weighted by Gasteiger charge is 2.25. The molecule has 2 aromatic rings. The standard InChI is InChI=1S/C24H30N2O2/c1-2-21-15-9-10-16-26(21)24(28)18-25-23(27)17-22(19-11-5-3-6-12-19)20-13-7-4-8-14-20/h3-8,11-14,21-22H,2,9-10,15-18H2,1H3,(H,25,27). The molecule has 2 amide bonds. The van der Waals surface area contributed by atoms with Crippen molar-refractivity contribution in [3.05, 3.63) is 71.8 Å². The Bertz CT molecular complexity index is 721. The van der Waals surface area contributed by atoms with Crippen LogP contribution >= 0.6 is 0 Å². The van der Waals surface area contributed by atoms with Gasteiger partial charge in [0.1, 0.15) is 0 Å². The van der Waals surface area contributed by atoms with Gasteiger partial charge in [0.05, 0.1) is 6.54 Å². The molecule has 1 unspecified atom stereocenters. The third kappa shape index (κ3) is 5.22. The summed E-state index contributed by atoms with van der Waals surface area (Å²) < 4.78 is 0. The van der Waals surface area contributed by atoms with Crippen LogP contribution in [0.1, 0.15) is 56.1 Å². The van der Waals surface area contributed by atoms with E-state index >= 15 is 0 Å². The Kier molecular flexibility index (Phi) is 7.24. The van der Waals surface area contributed by atoms with Crippen molar-refractivity contribution < 1.29 is 9.59 Å². The van der Waals surface area contributed by atoms with E-state index < -0.39 is 0 Å². The first-order chi connectivity index (χ1) is 13.7. The topological polar surface area (TPSA) is 49.4 Å². The number of nitrogens with one attached hydrogen (secondary N) is 1. The Labute approximate surface area is 167 Å². The lowest BCUT2D eigenvalue weighted by molar-refractivity contribution is -0.136. The van der Waals surface area contributed by atoms with Gasteiger partial charge in [0, 0.05) is 24.9 Å². The van der Waals surface area contributed by atoms with Crippen LogP contribution in [0.2, 0.25) is 0 Å². The third-order valence-corrected chi connectivity index (χ3v) is 5.65. The number of hydrogen-bond acceptors (Lipinski definition) is 2. The van der Waals surface area contributed by atoms with Gasteiger partial charge in [0.15, 0.2) is 0 Å². The van der Waals surface area contributed by atoms with Crippen LogP contribution in [0.4, 0.5) is 0 Å². The molecule has 4 heteroatoms. The summed E-state index contributed by atoms with van der Waals surface area (Å²) in [5.41, 5.74) is 2.22. The summed E-state index contributed by atoms with van der Waals surface area (Å²) in [6.07, 6.45) is 4.62. The zero-order valence-corrected chi connectivity index (χ0v) is 16.6. The second-order valence-corrected chi connectivity index (χ2v) is 7.50. The monoisotopic (exact) mass is 378 g/mol. The molecular formula is C24H30N2O2. The van der Waals surface area contributed by atoms with E-state index in [0.29, 0.717) is 12.5 Å². The number of likely N-dealkylation sites (tertiary alicyclic amines) is 1. The molecule has 0 saturated carbocycles. The quantitative estimate of drug-likeness (QED) is 0.788. The molecule has 1 aliphatic rings. The highest BCUT2D eigenvalue weighted by molar-refractivity contribution is 5.85. The van der Waals surface area contributed by atoms with Crippen LogP contribution in [0, 0.1) is 0 Å². The first kappa shape index (κ1) is 20.1. The van der Waals surface area contributed by atoms with Crippen molar-refractivity contribution in [2.75, 3.05) is 13.1 Å². The first-order valence-electron chi connectivity index (χ1n) is 10.3. The van der Waals surface area contributed by atoms with E-state index in [1.54, 1.807) is 0 Å². The Morgan fingerprint density at radius 2 is 1.61 bits per heavy atom. The number of amides is 2.